The molecule has 3 aromatic rings. The summed E-state index contributed by atoms with van der Waals surface area (Å²) < 4.78 is 0. The lowest BCUT2D eigenvalue weighted by Crippen LogP contribution is -2.12. The average molecular weight is 343 g/mol. The topological polar surface area (TPSA) is 71.1 Å². The number of carbonyl (C=O) groups excluding carboxylic acids is 2. The van der Waals surface area contributed by atoms with Gasteiger partial charge in [-0.05, 0) is 60.2 Å². The van der Waals surface area contributed by atoms with Crippen molar-refractivity contribution in [2.45, 2.75) is 0 Å². The first kappa shape index (κ1) is 17.1. The lowest BCUT2D eigenvalue weighted by Gasteiger charge is -2.07. The molecule has 1 heterocycles. The number of pyridine rings is 1. The number of nitrogens with zero attached hydrogens (tertiary/aromatic N) is 1. The number of hydrogen-bond acceptors (Lipinski definition) is 3. The fraction of sp³-hybridized carbons (Fsp3) is 0. The molecule has 0 spiro atoms. The molecule has 5 nitrogen and oxygen atoms in total. The molecule has 128 valence electrons. The van der Waals surface area contributed by atoms with Crippen molar-refractivity contribution in [2.75, 3.05) is 10.6 Å². The molecule has 0 radical (unpaired) electrons. The Morgan fingerprint density at radius 3 is 2.04 bits per heavy atom. The highest BCUT2D eigenvalue weighted by atomic mass is 16.2. The molecule has 0 saturated heterocycles. The van der Waals surface area contributed by atoms with Crippen LogP contribution in [0.25, 0.3) is 6.08 Å². The first-order valence-corrected chi connectivity index (χ1v) is 8.06. The van der Waals surface area contributed by atoms with Crippen molar-refractivity contribution < 1.29 is 9.59 Å². The van der Waals surface area contributed by atoms with Crippen LogP contribution in [0.15, 0.2) is 85.2 Å². The zero-order valence-electron chi connectivity index (χ0n) is 13.9. The molecule has 2 N–H and O–H groups in total. The Hall–Kier alpha value is -3.73. The minimum atomic E-state index is -0.233. The van der Waals surface area contributed by atoms with Crippen molar-refractivity contribution in [2.24, 2.45) is 0 Å². The zero-order valence-corrected chi connectivity index (χ0v) is 13.9. The molecule has 0 aliphatic carbocycles. The van der Waals surface area contributed by atoms with Gasteiger partial charge in [-0.15, -0.1) is 0 Å². The largest absolute Gasteiger partial charge is 0.323 e. The molecule has 0 saturated carbocycles. The van der Waals surface area contributed by atoms with Gasteiger partial charge >= 0.3 is 0 Å². The summed E-state index contributed by atoms with van der Waals surface area (Å²) in [6, 6.07) is 19.6. The van der Waals surface area contributed by atoms with E-state index in [2.05, 4.69) is 15.6 Å². The third kappa shape index (κ3) is 4.88. The second-order valence-electron chi connectivity index (χ2n) is 5.50. The maximum Gasteiger partial charge on any atom is 0.255 e. The number of rotatable bonds is 5. The maximum absolute atomic E-state index is 12.1. The van der Waals surface area contributed by atoms with Gasteiger partial charge in [0, 0.05) is 35.4 Å². The quantitative estimate of drug-likeness (QED) is 0.688. The van der Waals surface area contributed by atoms with Gasteiger partial charge in [0.25, 0.3) is 5.91 Å². The van der Waals surface area contributed by atoms with Crippen LogP contribution in [-0.4, -0.2) is 16.8 Å². The summed E-state index contributed by atoms with van der Waals surface area (Å²) in [4.78, 5) is 28.0. The maximum atomic E-state index is 12.1. The van der Waals surface area contributed by atoms with E-state index in [1.165, 1.54) is 6.08 Å². The normalized spacial score (nSPS) is 10.5. The average Bonchev–Trinajstić information content (AvgIpc) is 2.69. The van der Waals surface area contributed by atoms with Crippen molar-refractivity contribution in [1.29, 1.82) is 0 Å². The van der Waals surface area contributed by atoms with Crippen LogP contribution in [0.5, 0.6) is 0 Å². The lowest BCUT2D eigenvalue weighted by molar-refractivity contribution is -0.111. The smallest absolute Gasteiger partial charge is 0.255 e. The molecule has 0 bridgehead atoms. The van der Waals surface area contributed by atoms with E-state index in [1.807, 2.05) is 30.3 Å². The van der Waals surface area contributed by atoms with Gasteiger partial charge in [-0.25, -0.2) is 0 Å². The van der Waals surface area contributed by atoms with Crippen LogP contribution in [0.3, 0.4) is 0 Å². The van der Waals surface area contributed by atoms with Crippen LogP contribution in [0.4, 0.5) is 11.4 Å². The molecule has 26 heavy (non-hydrogen) atoms. The minimum absolute atomic E-state index is 0.178. The summed E-state index contributed by atoms with van der Waals surface area (Å²) in [7, 11) is 0. The Morgan fingerprint density at radius 1 is 0.769 bits per heavy atom. The molecule has 3 rings (SSSR count). The number of benzene rings is 2. The number of anilines is 2. The Bertz CT molecular complexity index is 905. The van der Waals surface area contributed by atoms with Gasteiger partial charge in [0.15, 0.2) is 0 Å². The predicted octanol–water partition coefficient (Wildman–Crippen LogP) is 3.99. The number of hydrogen-bond donors (Lipinski definition) is 2. The fourth-order valence-corrected chi connectivity index (χ4v) is 2.26. The van der Waals surface area contributed by atoms with Crippen LogP contribution in [0.2, 0.25) is 0 Å². The van der Waals surface area contributed by atoms with Crippen molar-refractivity contribution >= 4 is 29.3 Å². The molecular weight excluding hydrogens is 326 g/mol. The SMILES string of the molecule is O=C(/C=C/c1ccncc1)Nc1ccc(NC(=O)c2ccccc2)cc1. The molecular formula is C21H17N3O2. The Balaban J connectivity index is 1.56. The monoisotopic (exact) mass is 343 g/mol. The highest BCUT2D eigenvalue weighted by Gasteiger charge is 2.05. The predicted molar refractivity (Wildman–Crippen MR) is 103 cm³/mol. The number of nitrogens with one attached hydrogen (secondary N) is 2. The second-order valence-corrected chi connectivity index (χ2v) is 5.50. The lowest BCUT2D eigenvalue weighted by atomic mass is 10.2. The summed E-state index contributed by atoms with van der Waals surface area (Å²) in [5.41, 5.74) is 2.79. The van der Waals surface area contributed by atoms with Gasteiger partial charge in [0.2, 0.25) is 5.91 Å². The van der Waals surface area contributed by atoms with E-state index < -0.39 is 0 Å². The summed E-state index contributed by atoms with van der Waals surface area (Å²) in [5.74, 6) is -0.412. The zero-order chi connectivity index (χ0) is 18.2. The summed E-state index contributed by atoms with van der Waals surface area (Å²) in [6.07, 6.45) is 6.51. The van der Waals surface area contributed by atoms with E-state index >= 15 is 0 Å². The number of amides is 2. The molecule has 0 aliphatic rings. The van der Waals surface area contributed by atoms with Gasteiger partial charge in [-0.2, -0.15) is 0 Å². The third-order valence-electron chi connectivity index (χ3n) is 3.58. The number of carbonyl (C=O) groups is 2. The molecule has 0 atom stereocenters. The van der Waals surface area contributed by atoms with Gasteiger partial charge in [-0.3, -0.25) is 14.6 Å². The first-order chi connectivity index (χ1) is 12.7. The van der Waals surface area contributed by atoms with E-state index in [1.54, 1.807) is 54.9 Å². The van der Waals surface area contributed by atoms with E-state index in [4.69, 9.17) is 0 Å². The summed E-state index contributed by atoms with van der Waals surface area (Å²) in [5, 5.41) is 5.58. The van der Waals surface area contributed by atoms with Crippen LogP contribution >= 0.6 is 0 Å². The molecule has 2 amide bonds. The first-order valence-electron chi connectivity index (χ1n) is 8.06. The Kier molecular flexibility index (Phi) is 5.52. The molecule has 1 aromatic heterocycles. The summed E-state index contributed by atoms with van der Waals surface area (Å²) >= 11 is 0. The van der Waals surface area contributed by atoms with E-state index in [0.717, 1.165) is 5.56 Å². The van der Waals surface area contributed by atoms with Crippen LogP contribution < -0.4 is 10.6 Å². The highest BCUT2D eigenvalue weighted by molar-refractivity contribution is 6.05. The fourth-order valence-electron chi connectivity index (χ4n) is 2.26. The van der Waals surface area contributed by atoms with Crippen molar-refractivity contribution in [3.63, 3.8) is 0 Å². The Morgan fingerprint density at radius 2 is 1.38 bits per heavy atom. The van der Waals surface area contributed by atoms with Gasteiger partial charge < -0.3 is 10.6 Å². The van der Waals surface area contributed by atoms with E-state index in [-0.39, 0.29) is 11.8 Å². The van der Waals surface area contributed by atoms with Gasteiger partial charge in [-0.1, -0.05) is 18.2 Å². The summed E-state index contributed by atoms with van der Waals surface area (Å²) in [6.45, 7) is 0. The van der Waals surface area contributed by atoms with Gasteiger partial charge in [0.05, 0.1) is 0 Å². The molecule has 2 aromatic carbocycles. The molecule has 0 unspecified atom stereocenters. The molecule has 0 aliphatic heterocycles. The van der Waals surface area contributed by atoms with Crippen LogP contribution in [-0.2, 0) is 4.79 Å². The van der Waals surface area contributed by atoms with Crippen LogP contribution in [0, 0.1) is 0 Å². The van der Waals surface area contributed by atoms with E-state index in [0.29, 0.717) is 16.9 Å². The van der Waals surface area contributed by atoms with Crippen molar-refractivity contribution in [1.82, 2.24) is 4.98 Å². The van der Waals surface area contributed by atoms with Crippen molar-refractivity contribution in [3.8, 4) is 0 Å². The standard InChI is InChI=1S/C21H17N3O2/c25-20(11-6-16-12-14-22-15-13-16)23-18-7-9-19(10-8-18)24-21(26)17-4-2-1-3-5-17/h1-15H,(H,23,25)(H,24,26)/b11-6+. The Labute approximate surface area is 151 Å². The van der Waals surface area contributed by atoms with Crippen molar-refractivity contribution in [3.05, 3.63) is 96.3 Å². The number of aromatic nitrogens is 1. The molecule has 5 heteroatoms. The van der Waals surface area contributed by atoms with E-state index in [9.17, 15) is 9.59 Å². The minimum Gasteiger partial charge on any atom is -0.323 e. The molecule has 0 fully saturated rings. The third-order valence-corrected chi connectivity index (χ3v) is 3.58. The van der Waals surface area contributed by atoms with Crippen LogP contribution in [0.1, 0.15) is 15.9 Å². The van der Waals surface area contributed by atoms with Gasteiger partial charge in [0.1, 0.15) is 0 Å². The highest BCUT2D eigenvalue weighted by Crippen LogP contribution is 2.15. The second kappa shape index (κ2) is 8.39.